The lowest BCUT2D eigenvalue weighted by atomic mass is 10.0. The van der Waals surface area contributed by atoms with Gasteiger partial charge in [0, 0.05) is 6.07 Å². The van der Waals surface area contributed by atoms with Gasteiger partial charge in [-0.1, -0.05) is 18.2 Å². The van der Waals surface area contributed by atoms with E-state index < -0.39 is 29.2 Å². The lowest BCUT2D eigenvalue weighted by Crippen LogP contribution is -2.36. The van der Waals surface area contributed by atoms with Crippen LogP contribution in [0.5, 0.6) is 0 Å². The molecule has 0 bridgehead atoms. The summed E-state index contributed by atoms with van der Waals surface area (Å²) in [5.74, 6) is -3.59. The lowest BCUT2D eigenvalue weighted by Gasteiger charge is -2.21. The molecule has 0 saturated heterocycles. The first-order chi connectivity index (χ1) is 7.40. The van der Waals surface area contributed by atoms with Crippen LogP contribution < -0.4 is 5.73 Å². The van der Waals surface area contributed by atoms with E-state index in [0.29, 0.717) is 0 Å². The van der Waals surface area contributed by atoms with Gasteiger partial charge in [0.2, 0.25) is 0 Å². The van der Waals surface area contributed by atoms with Crippen molar-refractivity contribution in [3.63, 3.8) is 0 Å². The van der Waals surface area contributed by atoms with E-state index in [-0.39, 0.29) is 18.0 Å². The Labute approximate surface area is 102 Å². The van der Waals surface area contributed by atoms with Crippen molar-refractivity contribution in [1.82, 2.24) is 0 Å². The van der Waals surface area contributed by atoms with Crippen LogP contribution in [0.15, 0.2) is 24.3 Å². The Hall–Kier alpha value is -1.31. The molecule has 0 aliphatic carbocycles. The van der Waals surface area contributed by atoms with Gasteiger partial charge in [-0.2, -0.15) is 0 Å². The SMILES string of the molecule is Cl.N[C@@H](c1ccccc1[N+](=O)[O-])C(F)(F)CO. The minimum atomic E-state index is -3.59. The predicted molar refractivity (Wildman–Crippen MR) is 59.3 cm³/mol. The van der Waals surface area contributed by atoms with Gasteiger partial charge in [-0.3, -0.25) is 10.1 Å². The maximum absolute atomic E-state index is 13.1. The Bertz CT molecular complexity index is 404. The predicted octanol–water partition coefficient (Wildman–Crippen LogP) is 1.64. The molecule has 0 radical (unpaired) electrons. The summed E-state index contributed by atoms with van der Waals surface area (Å²) in [5.41, 5.74) is 4.42. The van der Waals surface area contributed by atoms with Gasteiger partial charge in [0.25, 0.3) is 11.6 Å². The Balaban J connectivity index is 0.00000256. The van der Waals surface area contributed by atoms with E-state index in [0.717, 1.165) is 12.1 Å². The smallest absolute Gasteiger partial charge is 0.289 e. The number of alkyl halides is 2. The first-order valence-corrected chi connectivity index (χ1v) is 4.37. The number of aliphatic hydroxyl groups excluding tert-OH is 1. The third-order valence-corrected chi connectivity index (χ3v) is 2.13. The Morgan fingerprint density at radius 1 is 1.47 bits per heavy atom. The minimum absolute atomic E-state index is 0. The molecule has 3 N–H and O–H groups in total. The van der Waals surface area contributed by atoms with Gasteiger partial charge >= 0.3 is 0 Å². The molecule has 8 heteroatoms. The van der Waals surface area contributed by atoms with E-state index in [1.54, 1.807) is 0 Å². The van der Waals surface area contributed by atoms with Crippen molar-refractivity contribution < 1.29 is 18.8 Å². The molecule has 96 valence electrons. The van der Waals surface area contributed by atoms with Crippen molar-refractivity contribution in [2.24, 2.45) is 5.73 Å². The highest BCUT2D eigenvalue weighted by Gasteiger charge is 2.40. The molecule has 0 heterocycles. The average Bonchev–Trinajstić information content (AvgIpc) is 2.28. The number of nitro groups is 1. The summed E-state index contributed by atoms with van der Waals surface area (Å²) in [6, 6.07) is 3.05. The molecule has 1 aromatic carbocycles. The second-order valence-electron chi connectivity index (χ2n) is 3.21. The van der Waals surface area contributed by atoms with Crippen LogP contribution >= 0.6 is 12.4 Å². The van der Waals surface area contributed by atoms with Crippen molar-refractivity contribution in [2.75, 3.05) is 6.61 Å². The summed E-state index contributed by atoms with van der Waals surface area (Å²) in [6.45, 7) is -1.46. The third-order valence-electron chi connectivity index (χ3n) is 2.13. The zero-order valence-corrected chi connectivity index (χ0v) is 9.36. The number of nitrogens with zero attached hydrogens (tertiary/aromatic N) is 1. The summed E-state index contributed by atoms with van der Waals surface area (Å²) >= 11 is 0. The van der Waals surface area contributed by atoms with Crippen molar-refractivity contribution in [2.45, 2.75) is 12.0 Å². The number of hydrogen-bond acceptors (Lipinski definition) is 4. The normalized spacial score (nSPS) is 12.7. The molecule has 1 aromatic rings. The largest absolute Gasteiger partial charge is 0.390 e. The Morgan fingerprint density at radius 3 is 2.47 bits per heavy atom. The zero-order valence-electron chi connectivity index (χ0n) is 8.55. The number of rotatable bonds is 4. The van der Waals surface area contributed by atoms with E-state index >= 15 is 0 Å². The number of halogens is 3. The summed E-state index contributed by atoms with van der Waals surface area (Å²) < 4.78 is 26.2. The van der Waals surface area contributed by atoms with Gasteiger partial charge in [-0.05, 0) is 0 Å². The fraction of sp³-hybridized carbons (Fsp3) is 0.333. The highest BCUT2D eigenvalue weighted by atomic mass is 35.5. The van der Waals surface area contributed by atoms with Crippen LogP contribution in [0.3, 0.4) is 0 Å². The van der Waals surface area contributed by atoms with Crippen molar-refractivity contribution in [1.29, 1.82) is 0 Å². The first kappa shape index (κ1) is 15.7. The molecule has 0 aliphatic rings. The quantitative estimate of drug-likeness (QED) is 0.642. The summed E-state index contributed by atoms with van der Waals surface area (Å²) in [5, 5.41) is 19.0. The maximum Gasteiger partial charge on any atom is 0.289 e. The highest BCUT2D eigenvalue weighted by Crippen LogP contribution is 2.33. The molecule has 1 atom stereocenters. The van der Waals surface area contributed by atoms with Crippen LogP contribution in [-0.2, 0) is 0 Å². The minimum Gasteiger partial charge on any atom is -0.390 e. The molecular weight excluding hydrogens is 258 g/mol. The van der Waals surface area contributed by atoms with E-state index in [9.17, 15) is 18.9 Å². The van der Waals surface area contributed by atoms with Gasteiger partial charge in [-0.25, -0.2) is 8.78 Å². The Morgan fingerprint density at radius 2 is 2.00 bits per heavy atom. The molecule has 17 heavy (non-hydrogen) atoms. The lowest BCUT2D eigenvalue weighted by molar-refractivity contribution is -0.386. The number of nitro benzene ring substituents is 1. The third kappa shape index (κ3) is 3.32. The van der Waals surface area contributed by atoms with Gasteiger partial charge in [0.1, 0.15) is 12.6 Å². The molecule has 0 spiro atoms. The van der Waals surface area contributed by atoms with E-state index in [1.165, 1.54) is 12.1 Å². The summed E-state index contributed by atoms with van der Waals surface area (Å²) in [7, 11) is 0. The molecular formula is C9H11ClF2N2O3. The van der Waals surface area contributed by atoms with E-state index in [1.807, 2.05) is 0 Å². The van der Waals surface area contributed by atoms with Crippen molar-refractivity contribution in [3.05, 3.63) is 39.9 Å². The van der Waals surface area contributed by atoms with Crippen LogP contribution in [0.1, 0.15) is 11.6 Å². The molecule has 0 aliphatic heterocycles. The summed E-state index contributed by atoms with van der Waals surface area (Å²) in [4.78, 5) is 9.80. The number of benzene rings is 1. The molecule has 5 nitrogen and oxygen atoms in total. The molecule has 0 unspecified atom stereocenters. The molecule has 0 aromatic heterocycles. The van der Waals surface area contributed by atoms with E-state index in [4.69, 9.17) is 10.8 Å². The number of para-hydroxylation sites is 1. The van der Waals surface area contributed by atoms with E-state index in [2.05, 4.69) is 0 Å². The molecule has 0 amide bonds. The first-order valence-electron chi connectivity index (χ1n) is 4.37. The monoisotopic (exact) mass is 268 g/mol. The number of hydrogen-bond donors (Lipinski definition) is 2. The zero-order chi connectivity index (χ0) is 12.3. The number of aliphatic hydroxyl groups is 1. The molecule has 0 saturated carbocycles. The van der Waals surface area contributed by atoms with Gasteiger partial charge in [0.15, 0.2) is 0 Å². The van der Waals surface area contributed by atoms with Gasteiger partial charge in [0.05, 0.1) is 10.5 Å². The van der Waals surface area contributed by atoms with Crippen LogP contribution in [0.25, 0.3) is 0 Å². The van der Waals surface area contributed by atoms with Gasteiger partial charge in [-0.15, -0.1) is 12.4 Å². The van der Waals surface area contributed by atoms with Crippen LogP contribution in [-0.4, -0.2) is 22.6 Å². The van der Waals surface area contributed by atoms with Crippen LogP contribution in [0.4, 0.5) is 14.5 Å². The van der Waals surface area contributed by atoms with Crippen molar-refractivity contribution >= 4 is 18.1 Å². The highest BCUT2D eigenvalue weighted by molar-refractivity contribution is 5.85. The Kier molecular flexibility index (Phi) is 5.40. The maximum atomic E-state index is 13.1. The average molecular weight is 269 g/mol. The van der Waals surface area contributed by atoms with Crippen LogP contribution in [0.2, 0.25) is 0 Å². The summed E-state index contributed by atoms with van der Waals surface area (Å²) in [6.07, 6.45) is 0. The fourth-order valence-electron chi connectivity index (χ4n) is 1.24. The molecule has 0 fully saturated rings. The second kappa shape index (κ2) is 5.85. The standard InChI is InChI=1S/C9H10F2N2O3.ClH/c10-9(11,5-14)8(12)6-3-1-2-4-7(6)13(15)16;/h1-4,8,14H,5,12H2;1H/t8-;/m0./s1. The molecule has 1 rings (SSSR count). The van der Waals surface area contributed by atoms with Gasteiger partial charge < -0.3 is 10.8 Å². The fourth-order valence-corrected chi connectivity index (χ4v) is 1.24. The topological polar surface area (TPSA) is 89.4 Å². The number of nitrogens with two attached hydrogens (primary N) is 1. The second-order valence-corrected chi connectivity index (χ2v) is 3.21. The van der Waals surface area contributed by atoms with Crippen molar-refractivity contribution in [3.8, 4) is 0 Å². The van der Waals surface area contributed by atoms with Crippen LogP contribution in [0, 0.1) is 10.1 Å².